The zero-order valence-corrected chi connectivity index (χ0v) is 14.4. The van der Waals surface area contributed by atoms with Crippen molar-refractivity contribution in [3.63, 3.8) is 0 Å². The number of amides is 1. The highest BCUT2D eigenvalue weighted by Crippen LogP contribution is 2.21. The standard InChI is InChI=1S/C18H15NO5S/c1-11-7-8-13(25(2,22)23)10-15(11)19-17(20)14-9-12-5-3-4-6-16(12)24-18(14)21/h3-10H,1-2H3,(H,19,20). The van der Waals surface area contributed by atoms with Crippen molar-refractivity contribution in [3.05, 3.63) is 70.1 Å². The highest BCUT2D eigenvalue weighted by atomic mass is 32.2. The van der Waals surface area contributed by atoms with Crippen LogP contribution < -0.4 is 10.9 Å². The van der Waals surface area contributed by atoms with Crippen molar-refractivity contribution in [2.45, 2.75) is 11.8 Å². The predicted octanol–water partition coefficient (Wildman–Crippen LogP) is 2.76. The molecular formula is C18H15NO5S. The molecule has 0 saturated carbocycles. The molecule has 25 heavy (non-hydrogen) atoms. The van der Waals surface area contributed by atoms with Gasteiger partial charge in [0.2, 0.25) is 0 Å². The summed E-state index contributed by atoms with van der Waals surface area (Å²) in [5.74, 6) is -0.659. The number of carbonyl (C=O) groups is 1. The molecule has 1 heterocycles. The Kier molecular flexibility index (Phi) is 4.18. The van der Waals surface area contributed by atoms with E-state index >= 15 is 0 Å². The third-order valence-corrected chi connectivity index (χ3v) is 4.88. The molecule has 1 N–H and O–H groups in total. The molecule has 0 aliphatic carbocycles. The van der Waals surface area contributed by atoms with Crippen LogP contribution >= 0.6 is 0 Å². The van der Waals surface area contributed by atoms with Gasteiger partial charge in [0.15, 0.2) is 9.84 Å². The van der Waals surface area contributed by atoms with Gasteiger partial charge >= 0.3 is 5.63 Å². The van der Waals surface area contributed by atoms with Gasteiger partial charge in [0.25, 0.3) is 5.91 Å². The van der Waals surface area contributed by atoms with Crippen LogP contribution in [0.3, 0.4) is 0 Å². The Hall–Kier alpha value is -2.93. The fourth-order valence-electron chi connectivity index (χ4n) is 2.38. The third-order valence-electron chi connectivity index (χ3n) is 3.77. The molecular weight excluding hydrogens is 342 g/mol. The minimum atomic E-state index is -3.41. The molecule has 128 valence electrons. The molecule has 3 rings (SSSR count). The van der Waals surface area contributed by atoms with Crippen LogP contribution in [-0.2, 0) is 9.84 Å². The van der Waals surface area contributed by atoms with E-state index in [2.05, 4.69) is 5.32 Å². The van der Waals surface area contributed by atoms with Gasteiger partial charge in [0.05, 0.1) is 4.90 Å². The minimum absolute atomic E-state index is 0.0824. The maximum atomic E-state index is 12.5. The van der Waals surface area contributed by atoms with Crippen molar-refractivity contribution < 1.29 is 17.6 Å². The van der Waals surface area contributed by atoms with Crippen molar-refractivity contribution in [2.24, 2.45) is 0 Å². The largest absolute Gasteiger partial charge is 0.422 e. The van der Waals surface area contributed by atoms with Crippen LogP contribution in [0.2, 0.25) is 0 Å². The first-order chi connectivity index (χ1) is 11.8. The fourth-order valence-corrected chi connectivity index (χ4v) is 3.02. The lowest BCUT2D eigenvalue weighted by atomic mass is 10.1. The van der Waals surface area contributed by atoms with Crippen LogP contribution in [0.4, 0.5) is 5.69 Å². The molecule has 0 spiro atoms. The van der Waals surface area contributed by atoms with E-state index in [9.17, 15) is 18.0 Å². The van der Waals surface area contributed by atoms with Gasteiger partial charge in [-0.1, -0.05) is 24.3 Å². The van der Waals surface area contributed by atoms with Crippen molar-refractivity contribution in [2.75, 3.05) is 11.6 Å². The van der Waals surface area contributed by atoms with E-state index in [1.54, 1.807) is 37.3 Å². The Labute approximate surface area is 144 Å². The normalized spacial score (nSPS) is 11.4. The van der Waals surface area contributed by atoms with Crippen LogP contribution in [0.25, 0.3) is 11.0 Å². The summed E-state index contributed by atoms with van der Waals surface area (Å²) >= 11 is 0. The summed E-state index contributed by atoms with van der Waals surface area (Å²) in [7, 11) is -3.41. The molecule has 0 unspecified atom stereocenters. The molecule has 2 aromatic carbocycles. The van der Waals surface area contributed by atoms with Crippen LogP contribution in [0.15, 0.2) is 62.6 Å². The lowest BCUT2D eigenvalue weighted by Gasteiger charge is -2.10. The number of fused-ring (bicyclic) bond motifs is 1. The summed E-state index contributed by atoms with van der Waals surface area (Å²) in [5.41, 5.74) is 0.474. The Bertz CT molecular complexity index is 1150. The molecule has 3 aromatic rings. The number of carbonyl (C=O) groups excluding carboxylic acids is 1. The Morgan fingerprint density at radius 2 is 1.80 bits per heavy atom. The van der Waals surface area contributed by atoms with Gasteiger partial charge in [-0.3, -0.25) is 4.79 Å². The van der Waals surface area contributed by atoms with E-state index in [0.717, 1.165) is 6.26 Å². The highest BCUT2D eigenvalue weighted by molar-refractivity contribution is 7.90. The van der Waals surface area contributed by atoms with Gasteiger partial charge in [-0.2, -0.15) is 0 Å². The number of hydrogen-bond acceptors (Lipinski definition) is 5. The first-order valence-corrected chi connectivity index (χ1v) is 9.30. The summed E-state index contributed by atoms with van der Waals surface area (Å²) < 4.78 is 28.5. The van der Waals surface area contributed by atoms with Gasteiger partial charge in [-0.15, -0.1) is 0 Å². The monoisotopic (exact) mass is 357 g/mol. The first kappa shape index (κ1) is 16.9. The van der Waals surface area contributed by atoms with E-state index in [1.807, 2.05) is 0 Å². The Morgan fingerprint density at radius 1 is 1.08 bits per heavy atom. The number of aryl methyl sites for hydroxylation is 1. The lowest BCUT2D eigenvalue weighted by molar-refractivity contribution is 0.102. The number of hydrogen-bond donors (Lipinski definition) is 1. The smallest absolute Gasteiger partial charge is 0.349 e. The Balaban J connectivity index is 2.01. The molecule has 6 nitrogen and oxygen atoms in total. The summed E-state index contributed by atoms with van der Waals surface area (Å²) in [6, 6.07) is 12.7. The second-order valence-electron chi connectivity index (χ2n) is 5.69. The average molecular weight is 357 g/mol. The molecule has 1 aromatic heterocycles. The van der Waals surface area contributed by atoms with Gasteiger partial charge in [0, 0.05) is 17.3 Å². The highest BCUT2D eigenvalue weighted by Gasteiger charge is 2.16. The first-order valence-electron chi connectivity index (χ1n) is 7.40. The predicted molar refractivity (Wildman–Crippen MR) is 94.7 cm³/mol. The molecule has 0 fully saturated rings. The summed E-state index contributed by atoms with van der Waals surface area (Å²) in [5, 5.41) is 3.20. The number of benzene rings is 2. The summed E-state index contributed by atoms with van der Waals surface area (Å²) in [6.07, 6.45) is 1.08. The lowest BCUT2D eigenvalue weighted by Crippen LogP contribution is -2.21. The third kappa shape index (κ3) is 3.46. The van der Waals surface area contributed by atoms with Gasteiger partial charge in [-0.05, 0) is 36.8 Å². The summed E-state index contributed by atoms with van der Waals surface area (Å²) in [4.78, 5) is 24.6. The number of sulfone groups is 1. The van der Waals surface area contributed by atoms with Crippen LogP contribution in [-0.4, -0.2) is 20.6 Å². The molecule has 0 saturated heterocycles. The topological polar surface area (TPSA) is 93.4 Å². The Morgan fingerprint density at radius 3 is 2.52 bits per heavy atom. The zero-order chi connectivity index (χ0) is 18.2. The summed E-state index contributed by atoms with van der Waals surface area (Å²) in [6.45, 7) is 1.73. The molecule has 0 radical (unpaired) electrons. The van der Waals surface area contributed by atoms with Crippen LogP contribution in [0, 0.1) is 6.92 Å². The second kappa shape index (κ2) is 6.18. The molecule has 7 heteroatoms. The minimum Gasteiger partial charge on any atom is -0.422 e. The van der Waals surface area contributed by atoms with E-state index < -0.39 is 21.4 Å². The molecule has 0 aliphatic heterocycles. The molecule has 0 bridgehead atoms. The SMILES string of the molecule is Cc1ccc(S(C)(=O)=O)cc1NC(=O)c1cc2ccccc2oc1=O. The maximum absolute atomic E-state index is 12.5. The number of rotatable bonds is 3. The number of anilines is 1. The number of nitrogens with one attached hydrogen (secondary N) is 1. The number of para-hydroxylation sites is 1. The van der Waals surface area contributed by atoms with E-state index in [1.165, 1.54) is 18.2 Å². The van der Waals surface area contributed by atoms with E-state index in [0.29, 0.717) is 22.2 Å². The van der Waals surface area contributed by atoms with Crippen molar-refractivity contribution in [1.82, 2.24) is 0 Å². The molecule has 0 atom stereocenters. The zero-order valence-electron chi connectivity index (χ0n) is 13.6. The molecule has 1 amide bonds. The van der Waals surface area contributed by atoms with E-state index in [4.69, 9.17) is 4.42 Å². The van der Waals surface area contributed by atoms with Gasteiger partial charge < -0.3 is 9.73 Å². The van der Waals surface area contributed by atoms with Crippen molar-refractivity contribution >= 4 is 32.4 Å². The van der Waals surface area contributed by atoms with Crippen molar-refractivity contribution in [1.29, 1.82) is 0 Å². The van der Waals surface area contributed by atoms with Gasteiger partial charge in [-0.25, -0.2) is 13.2 Å². The maximum Gasteiger partial charge on any atom is 0.349 e. The van der Waals surface area contributed by atoms with Crippen LogP contribution in [0.5, 0.6) is 0 Å². The average Bonchev–Trinajstić information content (AvgIpc) is 2.55. The fraction of sp³-hybridized carbons (Fsp3) is 0.111. The molecule has 0 aliphatic rings. The van der Waals surface area contributed by atoms with E-state index in [-0.39, 0.29) is 10.5 Å². The van der Waals surface area contributed by atoms with Crippen molar-refractivity contribution in [3.8, 4) is 0 Å². The second-order valence-corrected chi connectivity index (χ2v) is 7.70. The quantitative estimate of drug-likeness (QED) is 0.728. The van der Waals surface area contributed by atoms with Crippen LogP contribution in [0.1, 0.15) is 15.9 Å². The van der Waals surface area contributed by atoms with Gasteiger partial charge in [0.1, 0.15) is 11.1 Å².